The van der Waals surface area contributed by atoms with Crippen molar-refractivity contribution in [3.8, 4) is 5.75 Å². The summed E-state index contributed by atoms with van der Waals surface area (Å²) in [5, 5.41) is 0. The molecule has 0 unspecified atom stereocenters. The molecule has 0 radical (unpaired) electrons. The normalized spacial score (nSPS) is 14.1. The Morgan fingerprint density at radius 3 is 2.30 bits per heavy atom. The highest BCUT2D eigenvalue weighted by Crippen LogP contribution is 2.18. The van der Waals surface area contributed by atoms with Gasteiger partial charge in [-0.1, -0.05) is 12.1 Å². The molecule has 0 spiro atoms. The van der Waals surface area contributed by atoms with Crippen LogP contribution in [0.5, 0.6) is 5.75 Å². The molecule has 1 aliphatic heterocycles. The third-order valence-corrected chi connectivity index (χ3v) is 5.47. The summed E-state index contributed by atoms with van der Waals surface area (Å²) in [6.07, 6.45) is 2.43. The van der Waals surface area contributed by atoms with Gasteiger partial charge in [0.2, 0.25) is 5.91 Å². The molecule has 0 bridgehead atoms. The summed E-state index contributed by atoms with van der Waals surface area (Å²) in [5.41, 5.74) is 1.67. The first-order valence-electron chi connectivity index (χ1n) is 8.94. The Hall–Kier alpha value is -2.47. The number of carbonyl (C=O) groups is 2. The molecule has 2 amide bonds. The third-order valence-electron chi connectivity index (χ3n) is 4.75. The number of carbonyl (C=O) groups excluding carboxylic acids is 2. The molecule has 3 rings (SSSR count). The Kier molecular flexibility index (Phi) is 6.40. The second-order valence-electron chi connectivity index (χ2n) is 6.43. The van der Waals surface area contributed by atoms with Crippen LogP contribution in [0.2, 0.25) is 0 Å². The summed E-state index contributed by atoms with van der Waals surface area (Å²) >= 11 is 1.67. The molecule has 2 aromatic carbocycles. The topological polar surface area (TPSA) is 49.9 Å². The fourth-order valence-corrected chi connectivity index (χ4v) is 3.63. The first-order valence-corrected chi connectivity index (χ1v) is 10.2. The summed E-state index contributed by atoms with van der Waals surface area (Å²) < 4.78 is 5.13. The Morgan fingerprint density at radius 2 is 1.67 bits per heavy atom. The monoisotopic (exact) mass is 384 g/mol. The van der Waals surface area contributed by atoms with Gasteiger partial charge in [-0.25, -0.2) is 0 Å². The number of ether oxygens (including phenoxy) is 1. The van der Waals surface area contributed by atoms with Gasteiger partial charge in [-0.05, 0) is 48.2 Å². The molecule has 27 heavy (non-hydrogen) atoms. The molecule has 5 nitrogen and oxygen atoms in total. The quantitative estimate of drug-likeness (QED) is 0.744. The minimum Gasteiger partial charge on any atom is -0.497 e. The van der Waals surface area contributed by atoms with E-state index in [-0.39, 0.29) is 11.8 Å². The molecule has 1 fully saturated rings. The van der Waals surface area contributed by atoms with E-state index in [1.807, 2.05) is 29.4 Å². The number of benzene rings is 2. The van der Waals surface area contributed by atoms with E-state index in [0.717, 1.165) is 16.2 Å². The van der Waals surface area contributed by atoms with E-state index >= 15 is 0 Å². The van der Waals surface area contributed by atoms with Crippen LogP contribution >= 0.6 is 11.8 Å². The lowest BCUT2D eigenvalue weighted by Gasteiger charge is -2.35. The number of rotatable bonds is 5. The number of hydrogen-bond acceptors (Lipinski definition) is 4. The minimum absolute atomic E-state index is 0.00239. The van der Waals surface area contributed by atoms with E-state index in [1.54, 1.807) is 48.0 Å². The lowest BCUT2D eigenvalue weighted by Crippen LogP contribution is -2.51. The van der Waals surface area contributed by atoms with E-state index in [1.165, 1.54) is 0 Å². The fraction of sp³-hybridized carbons (Fsp3) is 0.333. The largest absolute Gasteiger partial charge is 0.497 e. The molecule has 1 heterocycles. The Labute approximate surface area is 164 Å². The van der Waals surface area contributed by atoms with Crippen LogP contribution in [0.4, 0.5) is 0 Å². The first kappa shape index (κ1) is 19.3. The standard InChI is InChI=1S/C21H24N2O3S/c1-26-18-8-6-17(7-9-18)21(25)23-12-10-22(11-13-23)20(24)15-16-4-3-5-19(14-16)27-2/h3-9,14H,10-13,15H2,1-2H3. The van der Waals surface area contributed by atoms with Gasteiger partial charge < -0.3 is 14.5 Å². The zero-order valence-corrected chi connectivity index (χ0v) is 16.5. The Bertz CT molecular complexity index is 799. The van der Waals surface area contributed by atoms with Gasteiger partial charge in [0.25, 0.3) is 5.91 Å². The molecular weight excluding hydrogens is 360 g/mol. The summed E-state index contributed by atoms with van der Waals surface area (Å²) in [7, 11) is 1.60. The van der Waals surface area contributed by atoms with Gasteiger partial charge >= 0.3 is 0 Å². The van der Waals surface area contributed by atoms with Crippen LogP contribution in [0.3, 0.4) is 0 Å². The van der Waals surface area contributed by atoms with Crippen LogP contribution in [-0.2, 0) is 11.2 Å². The predicted molar refractivity (Wildman–Crippen MR) is 107 cm³/mol. The molecule has 0 saturated carbocycles. The van der Waals surface area contributed by atoms with Crippen molar-refractivity contribution in [2.45, 2.75) is 11.3 Å². The maximum Gasteiger partial charge on any atom is 0.253 e. The number of nitrogens with zero attached hydrogens (tertiary/aromatic N) is 2. The Morgan fingerprint density at radius 1 is 1.00 bits per heavy atom. The van der Waals surface area contributed by atoms with Gasteiger partial charge in [-0.2, -0.15) is 0 Å². The van der Waals surface area contributed by atoms with Crippen molar-refractivity contribution in [1.29, 1.82) is 0 Å². The molecule has 1 aliphatic rings. The maximum absolute atomic E-state index is 12.6. The van der Waals surface area contributed by atoms with Gasteiger partial charge in [0.1, 0.15) is 5.75 Å². The fourth-order valence-electron chi connectivity index (χ4n) is 3.14. The second kappa shape index (κ2) is 8.95. The van der Waals surface area contributed by atoms with Gasteiger partial charge in [-0.15, -0.1) is 11.8 Å². The molecular formula is C21H24N2O3S. The van der Waals surface area contributed by atoms with E-state index < -0.39 is 0 Å². The van der Waals surface area contributed by atoms with Crippen LogP contribution in [0.15, 0.2) is 53.4 Å². The van der Waals surface area contributed by atoms with E-state index in [2.05, 4.69) is 6.07 Å². The highest BCUT2D eigenvalue weighted by atomic mass is 32.2. The average Bonchev–Trinajstić information content (AvgIpc) is 2.73. The number of piperazine rings is 1. The summed E-state index contributed by atoms with van der Waals surface area (Å²) in [5.74, 6) is 0.842. The maximum atomic E-state index is 12.6. The van der Waals surface area contributed by atoms with Crippen molar-refractivity contribution >= 4 is 23.6 Å². The van der Waals surface area contributed by atoms with Crippen molar-refractivity contribution in [2.75, 3.05) is 39.5 Å². The molecule has 2 aromatic rings. The highest BCUT2D eigenvalue weighted by molar-refractivity contribution is 7.98. The molecule has 0 aromatic heterocycles. The zero-order valence-electron chi connectivity index (χ0n) is 15.7. The molecule has 1 saturated heterocycles. The van der Waals surface area contributed by atoms with E-state index in [4.69, 9.17) is 4.74 Å². The van der Waals surface area contributed by atoms with Gasteiger partial charge in [0, 0.05) is 36.6 Å². The van der Waals surface area contributed by atoms with Gasteiger partial charge in [0.15, 0.2) is 0 Å². The summed E-state index contributed by atoms with van der Waals surface area (Å²) in [6.45, 7) is 2.26. The van der Waals surface area contributed by atoms with Crippen LogP contribution in [0, 0.1) is 0 Å². The highest BCUT2D eigenvalue weighted by Gasteiger charge is 2.24. The smallest absolute Gasteiger partial charge is 0.253 e. The lowest BCUT2D eigenvalue weighted by atomic mass is 10.1. The van der Waals surface area contributed by atoms with Crippen molar-refractivity contribution in [1.82, 2.24) is 9.80 Å². The molecule has 0 atom stereocenters. The molecule has 0 N–H and O–H groups in total. The first-order chi connectivity index (χ1) is 13.1. The number of amides is 2. The van der Waals surface area contributed by atoms with Gasteiger partial charge in [0.05, 0.1) is 13.5 Å². The number of thioether (sulfide) groups is 1. The summed E-state index contributed by atoms with van der Waals surface area (Å²) in [6, 6.07) is 15.2. The lowest BCUT2D eigenvalue weighted by molar-refractivity contribution is -0.131. The van der Waals surface area contributed by atoms with Crippen molar-refractivity contribution in [3.63, 3.8) is 0 Å². The Balaban J connectivity index is 1.54. The van der Waals surface area contributed by atoms with E-state index in [9.17, 15) is 9.59 Å². The number of methoxy groups -OCH3 is 1. The second-order valence-corrected chi connectivity index (χ2v) is 7.31. The predicted octanol–water partition coefficient (Wildman–Crippen LogP) is 2.94. The number of hydrogen-bond donors (Lipinski definition) is 0. The van der Waals surface area contributed by atoms with Crippen LogP contribution < -0.4 is 4.74 Å². The van der Waals surface area contributed by atoms with Crippen LogP contribution in [0.25, 0.3) is 0 Å². The van der Waals surface area contributed by atoms with Crippen LogP contribution in [0.1, 0.15) is 15.9 Å². The van der Waals surface area contributed by atoms with E-state index in [0.29, 0.717) is 38.2 Å². The van der Waals surface area contributed by atoms with Crippen molar-refractivity contribution in [3.05, 3.63) is 59.7 Å². The zero-order chi connectivity index (χ0) is 19.2. The van der Waals surface area contributed by atoms with Crippen molar-refractivity contribution < 1.29 is 14.3 Å². The molecule has 0 aliphatic carbocycles. The summed E-state index contributed by atoms with van der Waals surface area (Å²) in [4.78, 5) is 30.0. The average molecular weight is 385 g/mol. The van der Waals surface area contributed by atoms with Crippen molar-refractivity contribution in [2.24, 2.45) is 0 Å². The molecule has 142 valence electrons. The molecule has 6 heteroatoms. The van der Waals surface area contributed by atoms with Gasteiger partial charge in [-0.3, -0.25) is 9.59 Å². The third kappa shape index (κ3) is 4.83. The SMILES string of the molecule is COc1ccc(C(=O)N2CCN(C(=O)Cc3cccc(SC)c3)CC2)cc1. The van der Waals surface area contributed by atoms with Crippen LogP contribution in [-0.4, -0.2) is 61.2 Å². The minimum atomic E-state index is -0.00239.